The largest absolute Gasteiger partial charge is 0.318 e. The molecule has 0 fully saturated rings. The molecule has 3 nitrogen and oxygen atoms in total. The molecule has 0 aliphatic heterocycles. The Labute approximate surface area is 98.9 Å². The molecule has 3 heteroatoms. The van der Waals surface area contributed by atoms with E-state index in [1.165, 1.54) is 0 Å². The zero-order valence-corrected chi connectivity index (χ0v) is 10.8. The number of pyridine rings is 1. The van der Waals surface area contributed by atoms with E-state index in [1.807, 2.05) is 20.0 Å². The maximum atomic E-state index is 4.53. The fourth-order valence-corrected chi connectivity index (χ4v) is 1.92. The van der Waals surface area contributed by atoms with Gasteiger partial charge in [0.15, 0.2) is 0 Å². The third-order valence-electron chi connectivity index (χ3n) is 2.89. The Balaban J connectivity index is 2.58. The van der Waals surface area contributed by atoms with Crippen molar-refractivity contribution in [1.29, 1.82) is 0 Å². The predicted molar refractivity (Wildman–Crippen MR) is 68.4 cm³/mol. The minimum absolute atomic E-state index is 0.576. The number of likely N-dealkylation sites (N-methyl/N-ethyl adjacent to an activating group) is 2. The summed E-state index contributed by atoms with van der Waals surface area (Å²) < 4.78 is 0. The Morgan fingerprint density at radius 3 is 2.75 bits per heavy atom. The lowest BCUT2D eigenvalue weighted by Gasteiger charge is -2.26. The van der Waals surface area contributed by atoms with Crippen molar-refractivity contribution < 1.29 is 0 Å². The van der Waals surface area contributed by atoms with Gasteiger partial charge in [0, 0.05) is 24.8 Å². The Bertz CT molecular complexity index is 312. The van der Waals surface area contributed by atoms with E-state index in [0.29, 0.717) is 6.04 Å². The van der Waals surface area contributed by atoms with Gasteiger partial charge in [-0.05, 0) is 39.6 Å². The molecule has 1 rings (SSSR count). The molecule has 1 atom stereocenters. The van der Waals surface area contributed by atoms with Crippen LogP contribution in [0.5, 0.6) is 0 Å². The number of hydrogen-bond acceptors (Lipinski definition) is 3. The first kappa shape index (κ1) is 13.1. The third-order valence-corrected chi connectivity index (χ3v) is 2.89. The first-order chi connectivity index (χ1) is 7.67. The van der Waals surface area contributed by atoms with Crippen LogP contribution >= 0.6 is 0 Å². The van der Waals surface area contributed by atoms with Gasteiger partial charge in [-0.25, -0.2) is 0 Å². The van der Waals surface area contributed by atoms with Crippen molar-refractivity contribution >= 4 is 0 Å². The number of aromatic nitrogens is 1. The van der Waals surface area contributed by atoms with Crippen LogP contribution in [-0.4, -0.2) is 36.6 Å². The molecular weight excluding hydrogens is 198 g/mol. The maximum Gasteiger partial charge on any atom is 0.0547 e. The Morgan fingerprint density at radius 1 is 1.44 bits per heavy atom. The Hall–Kier alpha value is -0.930. The zero-order chi connectivity index (χ0) is 12.0. The molecule has 0 aliphatic carbocycles. The van der Waals surface area contributed by atoms with Crippen LogP contribution in [0.2, 0.25) is 0 Å². The van der Waals surface area contributed by atoms with Crippen LogP contribution in [0.15, 0.2) is 18.2 Å². The fraction of sp³-hybridized carbons (Fsp3) is 0.615. The van der Waals surface area contributed by atoms with Gasteiger partial charge >= 0.3 is 0 Å². The lowest BCUT2D eigenvalue weighted by molar-refractivity contribution is 0.222. The van der Waals surface area contributed by atoms with Crippen molar-refractivity contribution in [2.45, 2.75) is 32.9 Å². The summed E-state index contributed by atoms with van der Waals surface area (Å²) in [4.78, 5) is 6.89. The van der Waals surface area contributed by atoms with Gasteiger partial charge in [0.1, 0.15) is 0 Å². The summed E-state index contributed by atoms with van der Waals surface area (Å²) in [5, 5.41) is 3.23. The van der Waals surface area contributed by atoms with E-state index >= 15 is 0 Å². The molecule has 1 heterocycles. The summed E-state index contributed by atoms with van der Waals surface area (Å²) in [5.74, 6) is 0. The molecule has 90 valence electrons. The van der Waals surface area contributed by atoms with Crippen LogP contribution in [0, 0.1) is 6.92 Å². The molecule has 16 heavy (non-hydrogen) atoms. The van der Waals surface area contributed by atoms with Crippen molar-refractivity contribution in [3.05, 3.63) is 29.6 Å². The summed E-state index contributed by atoms with van der Waals surface area (Å²) in [6.07, 6.45) is 1.16. The molecule has 0 radical (unpaired) electrons. The van der Waals surface area contributed by atoms with Crippen molar-refractivity contribution in [2.75, 3.05) is 20.6 Å². The van der Waals surface area contributed by atoms with Crippen LogP contribution in [0.25, 0.3) is 0 Å². The van der Waals surface area contributed by atoms with E-state index in [0.717, 1.165) is 30.9 Å². The van der Waals surface area contributed by atoms with Crippen molar-refractivity contribution in [3.63, 3.8) is 0 Å². The van der Waals surface area contributed by atoms with Crippen molar-refractivity contribution in [3.8, 4) is 0 Å². The van der Waals surface area contributed by atoms with E-state index in [-0.39, 0.29) is 0 Å². The number of aryl methyl sites for hydroxylation is 1. The van der Waals surface area contributed by atoms with E-state index < -0.39 is 0 Å². The highest BCUT2D eigenvalue weighted by Gasteiger charge is 2.12. The molecular formula is C13H23N3. The van der Waals surface area contributed by atoms with Crippen molar-refractivity contribution in [2.24, 2.45) is 0 Å². The normalized spacial score (nSPS) is 13.1. The van der Waals surface area contributed by atoms with Crippen LogP contribution in [0.1, 0.15) is 24.7 Å². The molecule has 0 aromatic carbocycles. The molecule has 0 aliphatic rings. The minimum atomic E-state index is 0.576. The predicted octanol–water partition coefficient (Wildman–Crippen LogP) is 1.82. The molecule has 1 unspecified atom stereocenters. The number of nitrogens with one attached hydrogen (secondary N) is 1. The summed E-state index contributed by atoms with van der Waals surface area (Å²) >= 11 is 0. The summed E-state index contributed by atoms with van der Waals surface area (Å²) in [6.45, 7) is 6.21. The fourth-order valence-electron chi connectivity index (χ4n) is 1.92. The second-order valence-corrected chi connectivity index (χ2v) is 4.31. The van der Waals surface area contributed by atoms with E-state index in [2.05, 4.69) is 41.3 Å². The monoisotopic (exact) mass is 221 g/mol. The lowest BCUT2D eigenvalue weighted by Crippen LogP contribution is -2.38. The van der Waals surface area contributed by atoms with Crippen LogP contribution in [0.4, 0.5) is 0 Å². The second-order valence-electron chi connectivity index (χ2n) is 4.31. The maximum absolute atomic E-state index is 4.53. The van der Waals surface area contributed by atoms with Crippen LogP contribution in [0.3, 0.4) is 0 Å². The standard InChI is InChI=1S/C13H23N3/c1-5-13(9-14-3)16(4)10-12-8-6-7-11(2)15-12/h6-8,13-14H,5,9-10H2,1-4H3. The second kappa shape index (κ2) is 6.61. The van der Waals surface area contributed by atoms with Gasteiger partial charge in [0.2, 0.25) is 0 Å². The average Bonchev–Trinajstić information content (AvgIpc) is 2.25. The first-order valence-corrected chi connectivity index (χ1v) is 5.94. The molecule has 0 amide bonds. The van der Waals surface area contributed by atoms with Crippen molar-refractivity contribution in [1.82, 2.24) is 15.2 Å². The molecule has 0 saturated heterocycles. The van der Waals surface area contributed by atoms with E-state index in [1.54, 1.807) is 0 Å². The highest BCUT2D eigenvalue weighted by atomic mass is 15.1. The molecule has 1 aromatic rings. The molecule has 1 N–H and O–H groups in total. The van der Waals surface area contributed by atoms with Gasteiger partial charge in [0.05, 0.1) is 5.69 Å². The number of nitrogens with zero attached hydrogens (tertiary/aromatic N) is 2. The molecule has 0 spiro atoms. The molecule has 0 saturated carbocycles. The number of hydrogen-bond donors (Lipinski definition) is 1. The van der Waals surface area contributed by atoms with E-state index in [4.69, 9.17) is 0 Å². The third kappa shape index (κ3) is 3.91. The summed E-state index contributed by atoms with van der Waals surface area (Å²) in [5.41, 5.74) is 2.24. The highest BCUT2D eigenvalue weighted by Crippen LogP contribution is 2.07. The van der Waals surface area contributed by atoms with Gasteiger partial charge < -0.3 is 5.32 Å². The van der Waals surface area contributed by atoms with Crippen LogP contribution in [-0.2, 0) is 6.54 Å². The zero-order valence-electron chi connectivity index (χ0n) is 10.8. The molecule has 0 bridgehead atoms. The van der Waals surface area contributed by atoms with Gasteiger partial charge in [-0.3, -0.25) is 9.88 Å². The Kier molecular flexibility index (Phi) is 5.43. The van der Waals surface area contributed by atoms with Gasteiger partial charge in [-0.15, -0.1) is 0 Å². The topological polar surface area (TPSA) is 28.2 Å². The van der Waals surface area contributed by atoms with Gasteiger partial charge in [-0.1, -0.05) is 13.0 Å². The van der Waals surface area contributed by atoms with E-state index in [9.17, 15) is 0 Å². The Morgan fingerprint density at radius 2 is 2.19 bits per heavy atom. The van der Waals surface area contributed by atoms with Crippen LogP contribution < -0.4 is 5.32 Å². The van der Waals surface area contributed by atoms with Gasteiger partial charge in [0.25, 0.3) is 0 Å². The summed E-state index contributed by atoms with van der Waals surface area (Å²) in [6, 6.07) is 6.78. The average molecular weight is 221 g/mol. The highest BCUT2D eigenvalue weighted by molar-refractivity contribution is 5.09. The lowest BCUT2D eigenvalue weighted by atomic mass is 10.2. The quantitative estimate of drug-likeness (QED) is 0.794. The number of rotatable bonds is 6. The summed E-state index contributed by atoms with van der Waals surface area (Å²) in [7, 11) is 4.16. The SMILES string of the molecule is CCC(CNC)N(C)Cc1cccc(C)n1. The minimum Gasteiger partial charge on any atom is -0.318 e. The molecule has 1 aromatic heterocycles. The van der Waals surface area contributed by atoms with Gasteiger partial charge in [-0.2, -0.15) is 0 Å². The first-order valence-electron chi connectivity index (χ1n) is 5.94. The smallest absolute Gasteiger partial charge is 0.0547 e.